The SMILES string of the molecule is CN(C)c1nc(-c2ccncc2)c(-c2ccc(F)cc2)o1. The molecule has 0 radical (unpaired) electrons. The molecule has 0 aliphatic rings. The standard InChI is InChI=1S/C16H14FN3O/c1-20(2)16-19-14(11-7-9-18-10-8-11)15(21-16)12-3-5-13(17)6-4-12/h3-10H,1-2H3. The second kappa shape index (κ2) is 5.36. The van der Waals surface area contributed by atoms with Crippen LogP contribution in [-0.4, -0.2) is 24.1 Å². The molecule has 4 nitrogen and oxygen atoms in total. The number of aromatic nitrogens is 2. The number of hydrogen-bond donors (Lipinski definition) is 0. The van der Waals surface area contributed by atoms with Crippen molar-refractivity contribution in [1.82, 2.24) is 9.97 Å². The summed E-state index contributed by atoms with van der Waals surface area (Å²) in [6.45, 7) is 0. The summed E-state index contributed by atoms with van der Waals surface area (Å²) < 4.78 is 18.9. The van der Waals surface area contributed by atoms with Crippen LogP contribution in [0.25, 0.3) is 22.6 Å². The highest BCUT2D eigenvalue weighted by Crippen LogP contribution is 2.34. The minimum Gasteiger partial charge on any atom is -0.423 e. The van der Waals surface area contributed by atoms with Crippen molar-refractivity contribution in [3.8, 4) is 22.6 Å². The molecule has 0 aliphatic carbocycles. The molecule has 0 amide bonds. The van der Waals surface area contributed by atoms with Crippen molar-refractivity contribution < 1.29 is 8.81 Å². The van der Waals surface area contributed by atoms with Crippen molar-refractivity contribution in [1.29, 1.82) is 0 Å². The molecule has 0 spiro atoms. The first kappa shape index (κ1) is 13.3. The first-order chi connectivity index (χ1) is 10.1. The number of nitrogens with zero attached hydrogens (tertiary/aromatic N) is 3. The van der Waals surface area contributed by atoms with Gasteiger partial charge in [0.25, 0.3) is 6.01 Å². The molecule has 0 bridgehead atoms. The average molecular weight is 283 g/mol. The van der Waals surface area contributed by atoms with Crippen molar-refractivity contribution in [3.05, 3.63) is 54.6 Å². The van der Waals surface area contributed by atoms with Crippen LogP contribution < -0.4 is 4.90 Å². The zero-order chi connectivity index (χ0) is 14.8. The Labute approximate surface area is 121 Å². The average Bonchev–Trinajstić information content (AvgIpc) is 2.94. The Balaban J connectivity index is 2.16. The van der Waals surface area contributed by atoms with Gasteiger partial charge in [-0.15, -0.1) is 0 Å². The predicted octanol–water partition coefficient (Wildman–Crippen LogP) is 3.61. The Morgan fingerprint density at radius 1 is 0.952 bits per heavy atom. The van der Waals surface area contributed by atoms with Crippen LogP contribution in [0.15, 0.2) is 53.2 Å². The van der Waals surface area contributed by atoms with Gasteiger partial charge in [0.1, 0.15) is 11.5 Å². The highest BCUT2D eigenvalue weighted by atomic mass is 19.1. The third-order valence-corrected chi connectivity index (χ3v) is 3.06. The molecule has 2 aromatic heterocycles. The molecular weight excluding hydrogens is 269 g/mol. The van der Waals surface area contributed by atoms with Gasteiger partial charge in [-0.2, -0.15) is 4.98 Å². The summed E-state index contributed by atoms with van der Waals surface area (Å²) in [5.41, 5.74) is 2.40. The fraction of sp³-hybridized carbons (Fsp3) is 0.125. The minimum absolute atomic E-state index is 0.281. The van der Waals surface area contributed by atoms with E-state index >= 15 is 0 Å². The lowest BCUT2D eigenvalue weighted by Crippen LogP contribution is -2.08. The number of anilines is 1. The minimum atomic E-state index is -0.281. The molecule has 1 aromatic carbocycles. The van der Waals surface area contributed by atoms with Crippen molar-refractivity contribution in [2.24, 2.45) is 0 Å². The molecule has 0 fully saturated rings. The Hall–Kier alpha value is -2.69. The van der Waals surface area contributed by atoms with Crippen LogP contribution >= 0.6 is 0 Å². The van der Waals surface area contributed by atoms with Gasteiger partial charge in [0, 0.05) is 37.6 Å². The number of benzene rings is 1. The third-order valence-electron chi connectivity index (χ3n) is 3.06. The highest BCUT2D eigenvalue weighted by Gasteiger charge is 2.17. The first-order valence-corrected chi connectivity index (χ1v) is 6.49. The molecule has 0 unspecified atom stereocenters. The Morgan fingerprint density at radius 2 is 1.62 bits per heavy atom. The molecule has 5 heteroatoms. The second-order valence-corrected chi connectivity index (χ2v) is 4.81. The third kappa shape index (κ3) is 2.63. The zero-order valence-electron chi connectivity index (χ0n) is 11.7. The fourth-order valence-electron chi connectivity index (χ4n) is 2.00. The summed E-state index contributed by atoms with van der Waals surface area (Å²) in [6, 6.07) is 10.4. The molecule has 3 aromatic rings. The lowest BCUT2D eigenvalue weighted by molar-refractivity contribution is 0.569. The topological polar surface area (TPSA) is 42.2 Å². The normalized spacial score (nSPS) is 10.6. The maximum Gasteiger partial charge on any atom is 0.297 e. The van der Waals surface area contributed by atoms with Gasteiger partial charge in [-0.3, -0.25) is 4.98 Å². The van der Waals surface area contributed by atoms with Gasteiger partial charge in [0.15, 0.2) is 5.76 Å². The van der Waals surface area contributed by atoms with Crippen molar-refractivity contribution in [3.63, 3.8) is 0 Å². The Bertz CT molecular complexity index is 736. The highest BCUT2D eigenvalue weighted by molar-refractivity contribution is 5.77. The molecule has 3 rings (SSSR count). The zero-order valence-corrected chi connectivity index (χ0v) is 11.7. The molecule has 0 N–H and O–H groups in total. The van der Waals surface area contributed by atoms with Crippen LogP contribution in [0.4, 0.5) is 10.4 Å². The lowest BCUT2D eigenvalue weighted by Gasteiger charge is -2.04. The van der Waals surface area contributed by atoms with E-state index in [0.717, 1.165) is 11.1 Å². The molecule has 106 valence electrons. The molecule has 0 saturated carbocycles. The van der Waals surface area contributed by atoms with E-state index in [1.54, 1.807) is 29.4 Å². The van der Waals surface area contributed by atoms with Crippen LogP contribution in [0.3, 0.4) is 0 Å². The van der Waals surface area contributed by atoms with Crippen molar-refractivity contribution >= 4 is 6.01 Å². The van der Waals surface area contributed by atoms with Crippen LogP contribution in [-0.2, 0) is 0 Å². The smallest absolute Gasteiger partial charge is 0.297 e. The van der Waals surface area contributed by atoms with Crippen LogP contribution in [0.2, 0.25) is 0 Å². The van der Waals surface area contributed by atoms with Crippen LogP contribution in [0, 0.1) is 5.82 Å². The number of oxazole rings is 1. The quantitative estimate of drug-likeness (QED) is 0.736. The summed E-state index contributed by atoms with van der Waals surface area (Å²) in [4.78, 5) is 10.3. The van der Waals surface area contributed by atoms with E-state index in [4.69, 9.17) is 4.42 Å². The largest absolute Gasteiger partial charge is 0.423 e. The molecule has 2 heterocycles. The van der Waals surface area contributed by atoms with Gasteiger partial charge in [-0.1, -0.05) is 0 Å². The second-order valence-electron chi connectivity index (χ2n) is 4.81. The summed E-state index contributed by atoms with van der Waals surface area (Å²) in [5, 5.41) is 0. The monoisotopic (exact) mass is 283 g/mol. The van der Waals surface area contributed by atoms with Gasteiger partial charge in [-0.05, 0) is 36.4 Å². The molecule has 0 aliphatic heterocycles. The van der Waals surface area contributed by atoms with Gasteiger partial charge in [-0.25, -0.2) is 4.39 Å². The Morgan fingerprint density at radius 3 is 2.24 bits per heavy atom. The van der Waals surface area contributed by atoms with Crippen LogP contribution in [0.1, 0.15) is 0 Å². The van der Waals surface area contributed by atoms with E-state index in [1.165, 1.54) is 12.1 Å². The maximum atomic E-state index is 13.1. The van der Waals surface area contributed by atoms with Crippen molar-refractivity contribution in [2.45, 2.75) is 0 Å². The van der Waals surface area contributed by atoms with Crippen molar-refractivity contribution in [2.75, 3.05) is 19.0 Å². The van der Waals surface area contributed by atoms with Gasteiger partial charge < -0.3 is 9.32 Å². The summed E-state index contributed by atoms with van der Waals surface area (Å²) in [6.07, 6.45) is 3.40. The first-order valence-electron chi connectivity index (χ1n) is 6.49. The van der Waals surface area contributed by atoms with Gasteiger partial charge in [0.2, 0.25) is 0 Å². The summed E-state index contributed by atoms with van der Waals surface area (Å²) >= 11 is 0. The fourth-order valence-corrected chi connectivity index (χ4v) is 2.00. The van der Waals surface area contributed by atoms with Gasteiger partial charge in [0.05, 0.1) is 0 Å². The number of rotatable bonds is 3. The predicted molar refractivity (Wildman–Crippen MR) is 79.5 cm³/mol. The lowest BCUT2D eigenvalue weighted by atomic mass is 10.1. The van der Waals surface area contributed by atoms with E-state index in [0.29, 0.717) is 17.5 Å². The number of hydrogen-bond acceptors (Lipinski definition) is 4. The van der Waals surface area contributed by atoms with E-state index in [1.807, 2.05) is 26.2 Å². The Kier molecular flexibility index (Phi) is 3.39. The maximum absolute atomic E-state index is 13.1. The number of halogens is 1. The van der Waals surface area contributed by atoms with Gasteiger partial charge >= 0.3 is 0 Å². The summed E-state index contributed by atoms with van der Waals surface area (Å²) in [7, 11) is 3.72. The van der Waals surface area contributed by atoms with E-state index < -0.39 is 0 Å². The van der Waals surface area contributed by atoms with Crippen LogP contribution in [0.5, 0.6) is 0 Å². The van der Waals surface area contributed by atoms with E-state index in [-0.39, 0.29) is 5.82 Å². The molecular formula is C16H14FN3O. The molecule has 0 saturated heterocycles. The van der Waals surface area contributed by atoms with E-state index in [9.17, 15) is 4.39 Å². The van der Waals surface area contributed by atoms with E-state index in [2.05, 4.69) is 9.97 Å². The molecule has 21 heavy (non-hydrogen) atoms. The number of pyridine rings is 1. The summed E-state index contributed by atoms with van der Waals surface area (Å²) in [5.74, 6) is 0.335. The molecule has 0 atom stereocenters.